The zero-order valence-electron chi connectivity index (χ0n) is 15.2. The highest BCUT2D eigenvalue weighted by Crippen LogP contribution is 2.38. The fourth-order valence-electron chi connectivity index (χ4n) is 3.15. The molecule has 0 saturated carbocycles. The highest BCUT2D eigenvalue weighted by atomic mass is 35.5. The van der Waals surface area contributed by atoms with Crippen LogP contribution in [0.25, 0.3) is 5.70 Å². The molecule has 1 atom stereocenters. The number of benzene rings is 2. The molecule has 8 heteroatoms. The molecule has 0 fully saturated rings. The molecule has 0 unspecified atom stereocenters. The first kappa shape index (κ1) is 19.3. The summed E-state index contributed by atoms with van der Waals surface area (Å²) in [6.07, 6.45) is 1.51. The first-order chi connectivity index (χ1) is 13.6. The Morgan fingerprint density at radius 2 is 1.89 bits per heavy atom. The number of fused-ring (bicyclic) bond motifs is 2. The molecular weight excluding hydrogens is 415 g/mol. The van der Waals surface area contributed by atoms with Gasteiger partial charge in [0.05, 0.1) is 5.36 Å². The fraction of sp³-hybridized carbons (Fsp3) is 0.250. The van der Waals surface area contributed by atoms with Crippen LogP contribution in [-0.2, 0) is 4.79 Å². The van der Waals surface area contributed by atoms with Crippen LogP contribution in [0.4, 0.5) is 0 Å². The molecule has 4 rings (SSSR count). The van der Waals surface area contributed by atoms with Crippen LogP contribution in [0.15, 0.2) is 52.6 Å². The first-order valence-electron chi connectivity index (χ1n) is 9.03. The Kier molecular flexibility index (Phi) is 5.62. The predicted octanol–water partition coefficient (Wildman–Crippen LogP) is 3.67. The Balaban J connectivity index is 1.89. The first-order valence-corrected chi connectivity index (χ1v) is 10.8. The Labute approximate surface area is 177 Å². The number of hydrogen-bond acceptors (Lipinski definition) is 5. The van der Waals surface area contributed by atoms with E-state index < -0.39 is 6.17 Å². The molecule has 0 spiro atoms. The lowest BCUT2D eigenvalue weighted by Crippen LogP contribution is -2.50. The van der Waals surface area contributed by atoms with Gasteiger partial charge in [0.15, 0.2) is 11.3 Å². The molecule has 0 saturated heterocycles. The van der Waals surface area contributed by atoms with Gasteiger partial charge in [0, 0.05) is 26.6 Å². The van der Waals surface area contributed by atoms with Crippen molar-refractivity contribution in [1.29, 1.82) is 0 Å². The van der Waals surface area contributed by atoms with E-state index in [4.69, 9.17) is 33.3 Å². The van der Waals surface area contributed by atoms with E-state index in [2.05, 4.69) is 12.2 Å². The third-order valence-corrected chi connectivity index (χ3v) is 6.12. The average Bonchev–Trinajstić information content (AvgIpc) is 2.68. The third kappa shape index (κ3) is 3.52. The van der Waals surface area contributed by atoms with Crippen LogP contribution in [0.2, 0.25) is 10.0 Å². The van der Waals surface area contributed by atoms with Crippen LogP contribution < -0.4 is 15.9 Å². The van der Waals surface area contributed by atoms with Crippen molar-refractivity contribution in [2.45, 2.75) is 25.9 Å². The maximum atomic E-state index is 13.0. The van der Waals surface area contributed by atoms with Gasteiger partial charge in [-0.2, -0.15) is 0 Å². The van der Waals surface area contributed by atoms with Crippen molar-refractivity contribution in [1.82, 2.24) is 10.3 Å². The lowest BCUT2D eigenvalue weighted by atomic mass is 10.1. The average molecular weight is 433 g/mol. The van der Waals surface area contributed by atoms with E-state index in [0.717, 1.165) is 23.8 Å². The van der Waals surface area contributed by atoms with Crippen molar-refractivity contribution in [2.75, 3.05) is 5.75 Å². The van der Waals surface area contributed by atoms with Crippen LogP contribution in [0.5, 0.6) is 0 Å². The molecule has 2 aliphatic heterocycles. The van der Waals surface area contributed by atoms with Gasteiger partial charge in [0.2, 0.25) is 0 Å². The SMILES string of the molecule is CCCCSC1=NN2C(=c3ccccc3=N[C@@H]2c2c(Cl)cccc2Cl)C(=O)N1. The lowest BCUT2D eigenvalue weighted by molar-refractivity contribution is -0.116. The van der Waals surface area contributed by atoms with E-state index in [1.165, 1.54) is 11.8 Å². The number of thioether (sulfide) groups is 1. The number of carbonyl (C=O) groups excluding carboxylic acids is 1. The highest BCUT2D eigenvalue weighted by Gasteiger charge is 2.36. The smallest absolute Gasteiger partial charge is 0.276 e. The molecule has 2 aliphatic rings. The molecule has 2 aromatic rings. The summed E-state index contributed by atoms with van der Waals surface area (Å²) in [5, 5.41) is 12.2. The number of para-hydroxylation sites is 1. The van der Waals surface area contributed by atoms with Gasteiger partial charge in [-0.3, -0.25) is 15.1 Å². The van der Waals surface area contributed by atoms with E-state index in [1.54, 1.807) is 23.2 Å². The summed E-state index contributed by atoms with van der Waals surface area (Å²) in [4.78, 5) is 17.8. The van der Waals surface area contributed by atoms with Crippen molar-refractivity contribution >= 4 is 51.7 Å². The molecule has 0 aliphatic carbocycles. The molecule has 5 nitrogen and oxygen atoms in total. The van der Waals surface area contributed by atoms with Gasteiger partial charge >= 0.3 is 0 Å². The van der Waals surface area contributed by atoms with Crippen LogP contribution in [0.1, 0.15) is 31.5 Å². The molecule has 2 aromatic carbocycles. The van der Waals surface area contributed by atoms with E-state index in [1.807, 2.05) is 24.3 Å². The number of nitrogens with one attached hydrogen (secondary N) is 1. The van der Waals surface area contributed by atoms with E-state index in [-0.39, 0.29) is 5.91 Å². The molecule has 0 aromatic heterocycles. The second-order valence-electron chi connectivity index (χ2n) is 6.41. The maximum Gasteiger partial charge on any atom is 0.276 e. The molecule has 1 amide bonds. The number of carbonyl (C=O) groups is 1. The van der Waals surface area contributed by atoms with Gasteiger partial charge in [-0.15, -0.1) is 5.10 Å². The summed E-state index contributed by atoms with van der Waals surface area (Å²) in [6, 6.07) is 12.8. The summed E-state index contributed by atoms with van der Waals surface area (Å²) >= 11 is 14.4. The number of amidine groups is 1. The van der Waals surface area contributed by atoms with Gasteiger partial charge in [-0.25, -0.2) is 5.01 Å². The van der Waals surface area contributed by atoms with Gasteiger partial charge in [0.1, 0.15) is 5.70 Å². The Bertz CT molecular complexity index is 1070. The van der Waals surface area contributed by atoms with Crippen LogP contribution in [0, 0.1) is 0 Å². The molecule has 2 heterocycles. The van der Waals surface area contributed by atoms with Gasteiger partial charge < -0.3 is 0 Å². The summed E-state index contributed by atoms with van der Waals surface area (Å²) < 4.78 is 0. The minimum Gasteiger partial charge on any atom is -0.298 e. The Morgan fingerprint density at radius 3 is 2.64 bits per heavy atom. The van der Waals surface area contributed by atoms with Crippen molar-refractivity contribution in [2.24, 2.45) is 10.1 Å². The third-order valence-electron chi connectivity index (χ3n) is 4.51. The normalized spacial score (nSPS) is 18.0. The Morgan fingerprint density at radius 1 is 1.14 bits per heavy atom. The summed E-state index contributed by atoms with van der Waals surface area (Å²) in [7, 11) is 0. The zero-order chi connectivity index (χ0) is 19.7. The second-order valence-corrected chi connectivity index (χ2v) is 8.31. The maximum absolute atomic E-state index is 13.0. The van der Waals surface area contributed by atoms with Gasteiger partial charge in [-0.05, 0) is 24.6 Å². The number of hydrogen-bond donors (Lipinski definition) is 1. The van der Waals surface area contributed by atoms with Crippen molar-refractivity contribution < 1.29 is 4.79 Å². The molecule has 28 heavy (non-hydrogen) atoms. The monoisotopic (exact) mass is 432 g/mol. The predicted molar refractivity (Wildman–Crippen MR) is 115 cm³/mol. The number of amides is 1. The topological polar surface area (TPSA) is 57.1 Å². The quantitative estimate of drug-likeness (QED) is 0.749. The van der Waals surface area contributed by atoms with E-state index in [9.17, 15) is 4.79 Å². The zero-order valence-corrected chi connectivity index (χ0v) is 17.5. The largest absolute Gasteiger partial charge is 0.298 e. The summed E-state index contributed by atoms with van der Waals surface area (Å²) in [6.45, 7) is 2.13. The minimum atomic E-state index is -0.612. The van der Waals surface area contributed by atoms with E-state index >= 15 is 0 Å². The highest BCUT2D eigenvalue weighted by molar-refractivity contribution is 8.13. The standard InChI is InChI=1S/C20H18Cl2N4OS/c1-2-3-11-28-20-24-19(27)17-12-7-4-5-10-15(12)23-18(26(17)25-20)16-13(21)8-6-9-14(16)22/h4-10,18H,2-3,11H2,1H3,(H,24,25,27)/t18-/m0/s1. The number of hydrazone groups is 1. The molecular formula is C20H18Cl2N4OS. The van der Waals surface area contributed by atoms with Crippen molar-refractivity contribution in [3.8, 4) is 0 Å². The molecule has 144 valence electrons. The molecule has 0 radical (unpaired) electrons. The minimum absolute atomic E-state index is 0.204. The van der Waals surface area contributed by atoms with Crippen LogP contribution >= 0.6 is 35.0 Å². The van der Waals surface area contributed by atoms with Gasteiger partial charge in [0.25, 0.3) is 5.91 Å². The second kappa shape index (κ2) is 8.15. The molecule has 0 bridgehead atoms. The Hall–Kier alpha value is -2.02. The van der Waals surface area contributed by atoms with Crippen molar-refractivity contribution in [3.05, 3.63) is 68.6 Å². The fourth-order valence-corrected chi connectivity index (χ4v) is 4.68. The number of halogens is 2. The number of rotatable bonds is 4. The van der Waals surface area contributed by atoms with Crippen LogP contribution in [-0.4, -0.2) is 21.8 Å². The lowest BCUT2D eigenvalue weighted by Gasteiger charge is -2.34. The van der Waals surface area contributed by atoms with Crippen molar-refractivity contribution in [3.63, 3.8) is 0 Å². The molecule has 1 N–H and O–H groups in total. The van der Waals surface area contributed by atoms with E-state index in [0.29, 0.717) is 31.8 Å². The number of nitrogens with zero attached hydrogens (tertiary/aromatic N) is 3. The van der Waals surface area contributed by atoms with Gasteiger partial charge in [-0.1, -0.05) is 72.6 Å². The van der Waals surface area contributed by atoms with Crippen LogP contribution in [0.3, 0.4) is 0 Å². The number of unbranched alkanes of at least 4 members (excludes halogenated alkanes) is 1. The summed E-state index contributed by atoms with van der Waals surface area (Å²) in [5.41, 5.74) is 1.08. The summed E-state index contributed by atoms with van der Waals surface area (Å²) in [5.74, 6) is 0.675.